The lowest BCUT2D eigenvalue weighted by Gasteiger charge is -2.33. The fourth-order valence-electron chi connectivity index (χ4n) is 2.77. The van der Waals surface area contributed by atoms with Crippen LogP contribution in [-0.4, -0.2) is 42.6 Å². The predicted molar refractivity (Wildman–Crippen MR) is 97.5 cm³/mol. The monoisotopic (exact) mass is 370 g/mol. The van der Waals surface area contributed by atoms with E-state index in [4.69, 9.17) is 9.47 Å². The molecule has 1 heterocycles. The maximum atomic E-state index is 12.6. The van der Waals surface area contributed by atoms with Crippen LogP contribution in [0.2, 0.25) is 0 Å². The van der Waals surface area contributed by atoms with Crippen molar-refractivity contribution >= 4 is 29.2 Å². The Bertz CT molecular complexity index is 894. The Hall–Kier alpha value is -3.55. The highest BCUT2D eigenvalue weighted by Gasteiger charge is 2.33. The van der Waals surface area contributed by atoms with Gasteiger partial charge in [-0.1, -0.05) is 0 Å². The maximum Gasteiger partial charge on any atom is 0.335 e. The number of methoxy groups -OCH3 is 1. The highest BCUT2D eigenvalue weighted by Crippen LogP contribution is 2.34. The molecule has 8 heteroatoms. The number of carbonyl (C=O) groups excluding carboxylic acids is 2. The number of carbonyl (C=O) groups is 3. The van der Waals surface area contributed by atoms with Gasteiger partial charge in [0.05, 0.1) is 18.4 Å². The van der Waals surface area contributed by atoms with E-state index in [0.29, 0.717) is 17.2 Å². The molecule has 0 bridgehead atoms. The highest BCUT2D eigenvalue weighted by molar-refractivity contribution is 6.07. The van der Waals surface area contributed by atoms with Crippen LogP contribution in [0.3, 0.4) is 0 Å². The first-order valence-electron chi connectivity index (χ1n) is 8.18. The molecule has 0 fully saturated rings. The zero-order valence-electron chi connectivity index (χ0n) is 14.8. The largest absolute Gasteiger partial charge is 0.497 e. The highest BCUT2D eigenvalue weighted by atomic mass is 16.5. The summed E-state index contributed by atoms with van der Waals surface area (Å²) < 4.78 is 10.4. The molecule has 2 N–H and O–H groups in total. The van der Waals surface area contributed by atoms with Crippen molar-refractivity contribution in [1.82, 2.24) is 0 Å². The van der Waals surface area contributed by atoms with Crippen LogP contribution in [0.5, 0.6) is 11.5 Å². The van der Waals surface area contributed by atoms with E-state index >= 15 is 0 Å². The SMILES string of the molecule is COc1ccc(NC(=O)C(C)N2C(=O)COc3ccc(C(=O)O)cc32)cc1. The number of anilines is 2. The lowest BCUT2D eigenvalue weighted by atomic mass is 10.1. The molecule has 2 aromatic carbocycles. The molecule has 0 aliphatic carbocycles. The van der Waals surface area contributed by atoms with Crippen molar-refractivity contribution in [3.05, 3.63) is 48.0 Å². The molecule has 0 saturated heterocycles. The van der Waals surface area contributed by atoms with Gasteiger partial charge in [-0.2, -0.15) is 0 Å². The van der Waals surface area contributed by atoms with Crippen LogP contribution in [0, 0.1) is 0 Å². The number of carboxylic acid groups (broad SMARTS) is 1. The average Bonchev–Trinajstić information content (AvgIpc) is 2.67. The first kappa shape index (κ1) is 18.2. The first-order chi connectivity index (χ1) is 12.9. The van der Waals surface area contributed by atoms with Gasteiger partial charge in [0.15, 0.2) is 6.61 Å². The van der Waals surface area contributed by atoms with Gasteiger partial charge in [-0.15, -0.1) is 0 Å². The van der Waals surface area contributed by atoms with Gasteiger partial charge in [-0.3, -0.25) is 14.5 Å². The van der Waals surface area contributed by atoms with Gasteiger partial charge >= 0.3 is 5.97 Å². The quantitative estimate of drug-likeness (QED) is 0.835. The number of amides is 2. The van der Waals surface area contributed by atoms with Crippen LogP contribution in [0.4, 0.5) is 11.4 Å². The number of rotatable bonds is 5. The maximum absolute atomic E-state index is 12.6. The fraction of sp³-hybridized carbons (Fsp3) is 0.211. The molecule has 27 heavy (non-hydrogen) atoms. The van der Waals surface area contributed by atoms with Crippen molar-refractivity contribution in [2.45, 2.75) is 13.0 Å². The van der Waals surface area contributed by atoms with E-state index < -0.39 is 23.8 Å². The normalized spacial score (nSPS) is 14.0. The second-order valence-electron chi connectivity index (χ2n) is 5.93. The number of ether oxygens (including phenoxy) is 2. The number of hydrogen-bond donors (Lipinski definition) is 2. The third-order valence-electron chi connectivity index (χ3n) is 4.21. The predicted octanol–water partition coefficient (Wildman–Crippen LogP) is 2.15. The molecule has 3 rings (SSSR count). The number of fused-ring (bicyclic) bond motifs is 1. The molecular formula is C19H18N2O6. The number of aromatic carboxylic acids is 1. The lowest BCUT2D eigenvalue weighted by molar-refractivity contribution is -0.125. The number of nitrogens with zero attached hydrogens (tertiary/aromatic N) is 1. The van der Waals surface area contributed by atoms with Gasteiger partial charge in [-0.25, -0.2) is 4.79 Å². The number of carboxylic acids is 1. The topological polar surface area (TPSA) is 105 Å². The van der Waals surface area contributed by atoms with E-state index in [9.17, 15) is 19.5 Å². The van der Waals surface area contributed by atoms with Crippen molar-refractivity contribution in [1.29, 1.82) is 0 Å². The third kappa shape index (κ3) is 3.69. The summed E-state index contributed by atoms with van der Waals surface area (Å²) in [5.41, 5.74) is 0.802. The fourth-order valence-corrected chi connectivity index (χ4v) is 2.77. The number of nitrogens with one attached hydrogen (secondary N) is 1. The Morgan fingerprint density at radius 2 is 1.93 bits per heavy atom. The van der Waals surface area contributed by atoms with E-state index in [1.54, 1.807) is 38.3 Å². The van der Waals surface area contributed by atoms with Gasteiger partial charge in [0.1, 0.15) is 17.5 Å². The molecule has 2 aromatic rings. The van der Waals surface area contributed by atoms with Crippen molar-refractivity contribution in [2.24, 2.45) is 0 Å². The van der Waals surface area contributed by atoms with Crippen LogP contribution >= 0.6 is 0 Å². The van der Waals surface area contributed by atoms with Gasteiger partial charge in [-0.05, 0) is 49.4 Å². The molecule has 0 radical (unpaired) electrons. The molecule has 0 saturated carbocycles. The Kier molecular flexibility index (Phi) is 4.98. The molecule has 1 atom stereocenters. The minimum Gasteiger partial charge on any atom is -0.497 e. The van der Waals surface area contributed by atoms with Gasteiger partial charge in [0, 0.05) is 5.69 Å². The van der Waals surface area contributed by atoms with Crippen LogP contribution in [-0.2, 0) is 9.59 Å². The second-order valence-corrected chi connectivity index (χ2v) is 5.93. The van der Waals surface area contributed by atoms with Gasteiger partial charge in [0.2, 0.25) is 5.91 Å². The molecule has 1 unspecified atom stereocenters. The summed E-state index contributed by atoms with van der Waals surface area (Å²) in [5.74, 6) is -0.973. The smallest absolute Gasteiger partial charge is 0.335 e. The zero-order chi connectivity index (χ0) is 19.6. The number of hydrogen-bond acceptors (Lipinski definition) is 5. The van der Waals surface area contributed by atoms with Crippen molar-refractivity contribution in [3.63, 3.8) is 0 Å². The van der Waals surface area contributed by atoms with E-state index in [-0.39, 0.29) is 17.9 Å². The molecule has 140 valence electrons. The third-order valence-corrected chi connectivity index (χ3v) is 4.21. The molecule has 0 spiro atoms. The summed E-state index contributed by atoms with van der Waals surface area (Å²) >= 11 is 0. The molecular weight excluding hydrogens is 352 g/mol. The summed E-state index contributed by atoms with van der Waals surface area (Å²) in [6, 6.07) is 10.1. The molecule has 2 amide bonds. The molecule has 1 aliphatic heterocycles. The Morgan fingerprint density at radius 3 is 2.56 bits per heavy atom. The van der Waals surface area contributed by atoms with E-state index in [0.717, 1.165) is 0 Å². The summed E-state index contributed by atoms with van der Waals surface area (Å²) in [7, 11) is 1.54. The van der Waals surface area contributed by atoms with Crippen molar-refractivity contribution in [3.8, 4) is 11.5 Å². The average molecular weight is 370 g/mol. The minimum absolute atomic E-state index is 0.000174. The van der Waals surface area contributed by atoms with Crippen LogP contribution in [0.1, 0.15) is 17.3 Å². The van der Waals surface area contributed by atoms with E-state index in [2.05, 4.69) is 5.32 Å². The first-order valence-corrected chi connectivity index (χ1v) is 8.18. The zero-order valence-corrected chi connectivity index (χ0v) is 14.8. The Morgan fingerprint density at radius 1 is 1.22 bits per heavy atom. The van der Waals surface area contributed by atoms with Crippen LogP contribution in [0.25, 0.3) is 0 Å². The lowest BCUT2D eigenvalue weighted by Crippen LogP contribution is -2.49. The summed E-state index contributed by atoms with van der Waals surface area (Å²) in [5, 5.41) is 11.9. The molecule has 0 aromatic heterocycles. The van der Waals surface area contributed by atoms with Crippen LogP contribution < -0.4 is 19.7 Å². The van der Waals surface area contributed by atoms with Crippen molar-refractivity contribution < 1.29 is 29.0 Å². The van der Waals surface area contributed by atoms with Gasteiger partial charge in [0.25, 0.3) is 5.91 Å². The van der Waals surface area contributed by atoms with Crippen molar-refractivity contribution in [2.75, 3.05) is 23.9 Å². The molecule has 1 aliphatic rings. The van der Waals surface area contributed by atoms with E-state index in [1.807, 2.05) is 0 Å². The summed E-state index contributed by atoms with van der Waals surface area (Å²) in [4.78, 5) is 37.5. The molecule has 8 nitrogen and oxygen atoms in total. The van der Waals surface area contributed by atoms with Gasteiger partial charge < -0.3 is 19.9 Å². The van der Waals surface area contributed by atoms with Crippen LogP contribution in [0.15, 0.2) is 42.5 Å². The number of benzene rings is 2. The minimum atomic E-state index is -1.13. The Balaban J connectivity index is 1.85. The summed E-state index contributed by atoms with van der Waals surface area (Å²) in [6.45, 7) is 1.35. The second kappa shape index (κ2) is 7.36. The standard InChI is InChI=1S/C19H18N2O6/c1-11(18(23)20-13-4-6-14(26-2)7-5-13)21-15-9-12(19(24)25)3-8-16(15)27-10-17(21)22/h3-9,11H,10H2,1-2H3,(H,20,23)(H,24,25). The summed E-state index contributed by atoms with van der Waals surface area (Å²) in [6.07, 6.45) is 0. The Labute approximate surface area is 155 Å². The van der Waals surface area contributed by atoms with E-state index in [1.165, 1.54) is 23.1 Å².